The molecule has 0 aromatic heterocycles. The average molecular weight is 268 g/mol. The van der Waals surface area contributed by atoms with Crippen molar-refractivity contribution in [1.29, 1.82) is 0 Å². The van der Waals surface area contributed by atoms with Crippen molar-refractivity contribution in [3.05, 3.63) is 0 Å². The monoisotopic (exact) mass is 268 g/mol. The van der Waals surface area contributed by atoms with Gasteiger partial charge in [-0.3, -0.25) is 0 Å². The van der Waals surface area contributed by atoms with E-state index in [9.17, 15) is 4.79 Å². The highest BCUT2D eigenvalue weighted by atomic mass is 16.6. The van der Waals surface area contributed by atoms with E-state index in [0.717, 1.165) is 32.5 Å². The third kappa shape index (κ3) is 3.04. The zero-order valence-electron chi connectivity index (χ0n) is 13.0. The van der Waals surface area contributed by atoms with Gasteiger partial charge < -0.3 is 14.5 Å². The highest BCUT2D eigenvalue weighted by Crippen LogP contribution is 2.40. The fourth-order valence-corrected chi connectivity index (χ4v) is 3.61. The summed E-state index contributed by atoms with van der Waals surface area (Å²) < 4.78 is 5.50. The molecule has 0 N–H and O–H groups in total. The summed E-state index contributed by atoms with van der Waals surface area (Å²) in [7, 11) is 0. The number of likely N-dealkylation sites (tertiary alicyclic amines) is 1. The van der Waals surface area contributed by atoms with Crippen molar-refractivity contribution in [2.75, 3.05) is 19.6 Å². The topological polar surface area (TPSA) is 32.8 Å². The Hall–Kier alpha value is -0.770. The van der Waals surface area contributed by atoms with Crippen LogP contribution in [-0.4, -0.2) is 53.2 Å². The van der Waals surface area contributed by atoms with Crippen LogP contribution in [0.2, 0.25) is 0 Å². The van der Waals surface area contributed by atoms with Crippen LogP contribution in [0.3, 0.4) is 0 Å². The summed E-state index contributed by atoms with van der Waals surface area (Å²) >= 11 is 0. The fraction of sp³-hybridized carbons (Fsp3) is 0.933. The van der Waals surface area contributed by atoms with Crippen LogP contribution in [0.25, 0.3) is 0 Å². The molecule has 2 rings (SSSR count). The van der Waals surface area contributed by atoms with Crippen LogP contribution in [-0.2, 0) is 4.74 Å². The molecule has 2 fully saturated rings. The first-order valence-corrected chi connectivity index (χ1v) is 7.59. The molecule has 1 saturated heterocycles. The summed E-state index contributed by atoms with van der Waals surface area (Å²) in [5.41, 5.74) is -0.392. The van der Waals surface area contributed by atoms with Crippen molar-refractivity contribution >= 4 is 6.09 Å². The first-order valence-electron chi connectivity index (χ1n) is 7.59. The van der Waals surface area contributed by atoms with Crippen molar-refractivity contribution in [3.8, 4) is 0 Å². The van der Waals surface area contributed by atoms with Gasteiger partial charge in [0.1, 0.15) is 5.60 Å². The summed E-state index contributed by atoms with van der Waals surface area (Å²) in [5.74, 6) is 0.636. The Labute approximate surface area is 117 Å². The summed E-state index contributed by atoms with van der Waals surface area (Å²) in [5, 5.41) is 0. The van der Waals surface area contributed by atoms with Gasteiger partial charge in [-0.05, 0) is 52.6 Å². The van der Waals surface area contributed by atoms with Crippen LogP contribution in [0.5, 0.6) is 0 Å². The van der Waals surface area contributed by atoms with Crippen LogP contribution in [0.1, 0.15) is 47.5 Å². The normalized spacial score (nSPS) is 30.2. The van der Waals surface area contributed by atoms with Gasteiger partial charge in [0.15, 0.2) is 0 Å². The highest BCUT2D eigenvalue weighted by Gasteiger charge is 2.48. The predicted octanol–water partition coefficient (Wildman–Crippen LogP) is 2.73. The van der Waals surface area contributed by atoms with E-state index in [-0.39, 0.29) is 6.09 Å². The molecule has 110 valence electrons. The van der Waals surface area contributed by atoms with Gasteiger partial charge in [-0.2, -0.15) is 0 Å². The number of rotatable bonds is 3. The van der Waals surface area contributed by atoms with Crippen molar-refractivity contribution in [3.63, 3.8) is 0 Å². The summed E-state index contributed by atoms with van der Waals surface area (Å²) in [6.45, 7) is 13.3. The highest BCUT2D eigenvalue weighted by molar-refractivity contribution is 5.69. The minimum Gasteiger partial charge on any atom is -0.444 e. The second kappa shape index (κ2) is 5.31. The van der Waals surface area contributed by atoms with Gasteiger partial charge in [-0.25, -0.2) is 4.79 Å². The molecule has 1 saturated carbocycles. The number of nitrogens with zero attached hydrogens (tertiary/aromatic N) is 2. The number of ether oxygens (including phenoxy) is 1. The second-order valence-electron chi connectivity index (χ2n) is 6.81. The third-order valence-corrected chi connectivity index (χ3v) is 4.41. The largest absolute Gasteiger partial charge is 0.444 e. The van der Waals surface area contributed by atoms with Gasteiger partial charge in [0.05, 0.1) is 0 Å². The maximum Gasteiger partial charge on any atom is 0.410 e. The quantitative estimate of drug-likeness (QED) is 0.789. The summed E-state index contributed by atoms with van der Waals surface area (Å²) in [6.07, 6.45) is 2.14. The average Bonchev–Trinajstić information content (AvgIpc) is 2.88. The zero-order valence-corrected chi connectivity index (χ0v) is 13.0. The zero-order chi connectivity index (χ0) is 14.2. The third-order valence-electron chi connectivity index (χ3n) is 4.41. The lowest BCUT2D eigenvalue weighted by molar-refractivity contribution is 0.0128. The Morgan fingerprint density at radius 1 is 1.26 bits per heavy atom. The van der Waals surface area contributed by atoms with Crippen LogP contribution in [0, 0.1) is 5.92 Å². The Bertz CT molecular complexity index is 334. The van der Waals surface area contributed by atoms with Gasteiger partial charge in [-0.1, -0.05) is 13.8 Å². The Morgan fingerprint density at radius 3 is 2.32 bits per heavy atom. The minimum absolute atomic E-state index is 0.127. The fourth-order valence-electron chi connectivity index (χ4n) is 3.61. The van der Waals surface area contributed by atoms with Crippen LogP contribution in [0.15, 0.2) is 0 Å². The lowest BCUT2D eigenvalue weighted by atomic mass is 10.0. The maximum atomic E-state index is 12.2. The number of amides is 1. The van der Waals surface area contributed by atoms with Crippen LogP contribution >= 0.6 is 0 Å². The molecular formula is C15H28N2O2. The lowest BCUT2D eigenvalue weighted by Gasteiger charge is -2.37. The van der Waals surface area contributed by atoms with Gasteiger partial charge >= 0.3 is 6.09 Å². The molecule has 19 heavy (non-hydrogen) atoms. The van der Waals surface area contributed by atoms with E-state index in [1.54, 1.807) is 0 Å². The number of piperidine rings is 1. The smallest absolute Gasteiger partial charge is 0.410 e. The molecule has 2 aliphatic rings. The standard InChI is InChI=1S/C15H28N2O2/c1-6-16(7-2)13-9-12-8-11(13)10-17(12)14(18)19-15(3,4)5/h11-13H,6-10H2,1-5H3/t11-,12-,13?/m1/s1. The van der Waals surface area contributed by atoms with Gasteiger partial charge in [-0.15, -0.1) is 0 Å². The number of hydrogen-bond acceptors (Lipinski definition) is 3. The molecular weight excluding hydrogens is 240 g/mol. The number of fused-ring (bicyclic) bond motifs is 2. The van der Waals surface area contributed by atoms with Crippen molar-refractivity contribution in [2.24, 2.45) is 5.92 Å². The van der Waals surface area contributed by atoms with E-state index >= 15 is 0 Å². The Morgan fingerprint density at radius 2 is 1.89 bits per heavy atom. The molecule has 1 amide bonds. The predicted molar refractivity (Wildman–Crippen MR) is 76.2 cm³/mol. The molecule has 1 unspecified atom stereocenters. The SMILES string of the molecule is CCN(CC)C1C[C@H]2C[C@@H]1CN2C(=O)OC(C)(C)C. The van der Waals surface area contributed by atoms with E-state index in [1.807, 2.05) is 25.7 Å². The molecule has 0 aromatic carbocycles. The molecule has 0 radical (unpaired) electrons. The van der Waals surface area contributed by atoms with E-state index in [2.05, 4.69) is 18.7 Å². The number of hydrogen-bond donors (Lipinski definition) is 0. The molecule has 4 heteroatoms. The first-order chi connectivity index (χ1) is 8.85. The minimum atomic E-state index is -0.392. The Kier molecular flexibility index (Phi) is 4.09. The van der Waals surface area contributed by atoms with Gasteiger partial charge in [0, 0.05) is 18.6 Å². The number of carbonyl (C=O) groups is 1. The van der Waals surface area contributed by atoms with E-state index < -0.39 is 5.60 Å². The van der Waals surface area contributed by atoms with Crippen molar-refractivity contribution < 1.29 is 9.53 Å². The Balaban J connectivity index is 1.94. The van der Waals surface area contributed by atoms with Crippen LogP contribution < -0.4 is 0 Å². The molecule has 0 aromatic rings. The van der Waals surface area contributed by atoms with Gasteiger partial charge in [0.2, 0.25) is 0 Å². The van der Waals surface area contributed by atoms with Crippen molar-refractivity contribution in [2.45, 2.75) is 65.1 Å². The van der Waals surface area contributed by atoms with Gasteiger partial charge in [0.25, 0.3) is 0 Å². The molecule has 1 aliphatic carbocycles. The molecule has 1 aliphatic heterocycles. The summed E-state index contributed by atoms with van der Waals surface area (Å²) in [4.78, 5) is 16.6. The molecule has 4 nitrogen and oxygen atoms in total. The van der Waals surface area contributed by atoms with E-state index in [0.29, 0.717) is 18.0 Å². The summed E-state index contributed by atoms with van der Waals surface area (Å²) in [6, 6.07) is 1.06. The lowest BCUT2D eigenvalue weighted by Crippen LogP contribution is -2.48. The first kappa shape index (κ1) is 14.6. The maximum absolute atomic E-state index is 12.2. The second-order valence-corrected chi connectivity index (χ2v) is 6.81. The number of carbonyl (C=O) groups excluding carboxylic acids is 1. The van der Waals surface area contributed by atoms with Crippen molar-refractivity contribution in [1.82, 2.24) is 9.80 Å². The molecule has 3 atom stereocenters. The van der Waals surface area contributed by atoms with E-state index in [1.165, 1.54) is 0 Å². The molecule has 2 bridgehead atoms. The molecule has 0 spiro atoms. The molecule has 1 heterocycles. The van der Waals surface area contributed by atoms with E-state index in [4.69, 9.17) is 4.74 Å². The van der Waals surface area contributed by atoms with Crippen LogP contribution in [0.4, 0.5) is 4.79 Å².